The van der Waals surface area contributed by atoms with Gasteiger partial charge < -0.3 is 5.73 Å². The van der Waals surface area contributed by atoms with Gasteiger partial charge in [0, 0.05) is 6.20 Å². The lowest BCUT2D eigenvalue weighted by Gasteiger charge is -2.35. The van der Waals surface area contributed by atoms with E-state index in [1.807, 2.05) is 28.9 Å². The summed E-state index contributed by atoms with van der Waals surface area (Å²) in [5.74, 6) is 1.04. The molecule has 0 amide bonds. The fourth-order valence-corrected chi connectivity index (χ4v) is 2.83. The van der Waals surface area contributed by atoms with E-state index in [1.165, 1.54) is 19.3 Å². The third-order valence-corrected chi connectivity index (χ3v) is 3.87. The molecule has 0 unspecified atom stereocenters. The van der Waals surface area contributed by atoms with Gasteiger partial charge in [-0.3, -0.25) is 4.48 Å². The summed E-state index contributed by atoms with van der Waals surface area (Å²) in [5, 5.41) is 4.67. The SMILES string of the molecule is C[N+]1(c2nn3ccccc3c2N)CCCCC1. The number of hydrogen-bond acceptors (Lipinski definition) is 2. The minimum absolute atomic E-state index is 0.843. The maximum atomic E-state index is 6.26. The number of likely N-dealkylation sites (tertiary alicyclic amines) is 1. The first-order valence-electron chi connectivity index (χ1n) is 6.29. The third-order valence-electron chi connectivity index (χ3n) is 3.87. The Morgan fingerprint density at radius 1 is 1.24 bits per heavy atom. The minimum Gasteiger partial charge on any atom is -0.391 e. The lowest BCUT2D eigenvalue weighted by Crippen LogP contribution is -2.49. The van der Waals surface area contributed by atoms with Gasteiger partial charge in [-0.15, -0.1) is 5.10 Å². The number of rotatable bonds is 1. The number of nitrogens with zero attached hydrogens (tertiary/aromatic N) is 3. The lowest BCUT2D eigenvalue weighted by molar-refractivity contribution is 0.268. The van der Waals surface area contributed by atoms with Gasteiger partial charge in [0.1, 0.15) is 5.69 Å². The fourth-order valence-electron chi connectivity index (χ4n) is 2.83. The Bertz CT molecular complexity index is 537. The van der Waals surface area contributed by atoms with Crippen molar-refractivity contribution in [2.45, 2.75) is 19.3 Å². The van der Waals surface area contributed by atoms with Gasteiger partial charge in [-0.05, 0) is 31.4 Å². The van der Waals surface area contributed by atoms with Crippen molar-refractivity contribution < 1.29 is 0 Å². The first-order chi connectivity index (χ1) is 8.21. The van der Waals surface area contributed by atoms with E-state index in [4.69, 9.17) is 5.73 Å². The number of aromatic nitrogens is 2. The molecule has 0 saturated carbocycles. The average Bonchev–Trinajstić information content (AvgIpc) is 2.69. The summed E-state index contributed by atoms with van der Waals surface area (Å²) in [4.78, 5) is 0. The Morgan fingerprint density at radius 2 is 2.00 bits per heavy atom. The number of anilines is 1. The summed E-state index contributed by atoms with van der Waals surface area (Å²) in [6.07, 6.45) is 5.83. The number of nitrogen functional groups attached to an aromatic ring is 1. The van der Waals surface area contributed by atoms with Crippen molar-refractivity contribution in [3.63, 3.8) is 0 Å². The molecular weight excluding hydrogens is 212 g/mol. The first kappa shape index (κ1) is 10.6. The van der Waals surface area contributed by atoms with Gasteiger partial charge >= 0.3 is 0 Å². The molecule has 1 aliphatic rings. The highest BCUT2D eigenvalue weighted by Gasteiger charge is 2.33. The monoisotopic (exact) mass is 231 g/mol. The highest BCUT2D eigenvalue weighted by atomic mass is 15.4. The normalized spacial score (nSPS) is 19.6. The van der Waals surface area contributed by atoms with E-state index in [0.717, 1.165) is 34.6 Å². The molecule has 2 aromatic rings. The largest absolute Gasteiger partial charge is 0.391 e. The summed E-state index contributed by atoms with van der Waals surface area (Å²) in [6.45, 7) is 2.29. The van der Waals surface area contributed by atoms with Crippen LogP contribution < -0.4 is 10.2 Å². The van der Waals surface area contributed by atoms with E-state index in [0.29, 0.717) is 0 Å². The summed E-state index contributed by atoms with van der Waals surface area (Å²) < 4.78 is 2.77. The molecule has 4 nitrogen and oxygen atoms in total. The molecule has 17 heavy (non-hydrogen) atoms. The van der Waals surface area contributed by atoms with E-state index in [2.05, 4.69) is 12.1 Å². The Kier molecular flexibility index (Phi) is 2.33. The summed E-state index contributed by atoms with van der Waals surface area (Å²) in [6, 6.07) is 6.02. The van der Waals surface area contributed by atoms with Crippen molar-refractivity contribution in [1.29, 1.82) is 0 Å². The fraction of sp³-hybridized carbons (Fsp3) is 0.462. The Labute approximate surface area is 101 Å². The predicted molar refractivity (Wildman–Crippen MR) is 70.9 cm³/mol. The lowest BCUT2D eigenvalue weighted by atomic mass is 10.1. The molecule has 90 valence electrons. The number of piperidine rings is 1. The minimum atomic E-state index is 0.843. The molecule has 2 aromatic heterocycles. The van der Waals surface area contributed by atoms with Crippen molar-refractivity contribution in [3.8, 4) is 0 Å². The second-order valence-corrected chi connectivity index (χ2v) is 5.17. The number of nitrogens with two attached hydrogens (primary N) is 1. The zero-order valence-electron chi connectivity index (χ0n) is 10.3. The second-order valence-electron chi connectivity index (χ2n) is 5.17. The van der Waals surface area contributed by atoms with Crippen LogP contribution in [0.1, 0.15) is 19.3 Å². The standard InChI is InChI=1S/C13H19N4/c1-17(9-5-2-6-10-17)13-12(14)11-7-3-4-8-16(11)15-13/h3-4,7-8H,2,5-6,9-10,14H2,1H3/q+1. The highest BCUT2D eigenvalue weighted by Crippen LogP contribution is 2.33. The highest BCUT2D eigenvalue weighted by molar-refractivity contribution is 5.80. The van der Waals surface area contributed by atoms with Crippen LogP contribution in [0.3, 0.4) is 0 Å². The number of quaternary nitrogens is 1. The van der Waals surface area contributed by atoms with Crippen LogP contribution >= 0.6 is 0 Å². The molecule has 1 fully saturated rings. The van der Waals surface area contributed by atoms with E-state index < -0.39 is 0 Å². The maximum absolute atomic E-state index is 6.26. The number of hydrogen-bond donors (Lipinski definition) is 1. The molecule has 3 heterocycles. The van der Waals surface area contributed by atoms with Crippen LogP contribution in [0, 0.1) is 0 Å². The molecule has 4 heteroatoms. The van der Waals surface area contributed by atoms with Crippen molar-refractivity contribution in [3.05, 3.63) is 24.4 Å². The number of pyridine rings is 1. The summed E-state index contributed by atoms with van der Waals surface area (Å²) in [5.41, 5.74) is 8.12. The molecule has 0 bridgehead atoms. The van der Waals surface area contributed by atoms with E-state index in [-0.39, 0.29) is 0 Å². The molecular formula is C13H19N4+. The predicted octanol–water partition coefficient (Wildman–Crippen LogP) is 2.04. The van der Waals surface area contributed by atoms with Crippen LogP contribution in [0.2, 0.25) is 0 Å². The summed E-state index contributed by atoms with van der Waals surface area (Å²) in [7, 11) is 2.25. The van der Waals surface area contributed by atoms with Gasteiger partial charge in [0.2, 0.25) is 0 Å². The van der Waals surface area contributed by atoms with Crippen LogP contribution in [0.5, 0.6) is 0 Å². The van der Waals surface area contributed by atoms with Crippen molar-refractivity contribution in [2.24, 2.45) is 0 Å². The molecule has 0 aliphatic carbocycles. The van der Waals surface area contributed by atoms with Gasteiger partial charge in [-0.2, -0.15) is 0 Å². The van der Waals surface area contributed by atoms with Crippen LogP contribution in [-0.4, -0.2) is 29.8 Å². The van der Waals surface area contributed by atoms with Gasteiger partial charge in [-0.1, -0.05) is 6.07 Å². The maximum Gasteiger partial charge on any atom is 0.270 e. The third kappa shape index (κ3) is 1.60. The number of fused-ring (bicyclic) bond motifs is 1. The van der Waals surface area contributed by atoms with Crippen molar-refractivity contribution >= 4 is 17.0 Å². The molecule has 1 saturated heterocycles. The van der Waals surface area contributed by atoms with Gasteiger partial charge in [0.25, 0.3) is 5.82 Å². The van der Waals surface area contributed by atoms with Crippen LogP contribution in [0.4, 0.5) is 11.5 Å². The Hall–Kier alpha value is -1.55. The van der Waals surface area contributed by atoms with Crippen molar-refractivity contribution in [1.82, 2.24) is 14.1 Å². The molecule has 0 aromatic carbocycles. The van der Waals surface area contributed by atoms with Crippen LogP contribution in [0.15, 0.2) is 24.4 Å². The molecule has 3 rings (SSSR count). The molecule has 0 radical (unpaired) electrons. The molecule has 1 aliphatic heterocycles. The topological polar surface area (TPSA) is 43.3 Å². The van der Waals surface area contributed by atoms with Crippen LogP contribution in [-0.2, 0) is 0 Å². The average molecular weight is 231 g/mol. The zero-order valence-corrected chi connectivity index (χ0v) is 10.3. The Morgan fingerprint density at radius 3 is 2.71 bits per heavy atom. The summed E-state index contributed by atoms with van der Waals surface area (Å²) >= 11 is 0. The van der Waals surface area contributed by atoms with E-state index in [1.54, 1.807) is 0 Å². The second kappa shape index (κ2) is 3.74. The first-order valence-corrected chi connectivity index (χ1v) is 6.29. The van der Waals surface area contributed by atoms with E-state index in [9.17, 15) is 0 Å². The zero-order chi connectivity index (χ0) is 11.9. The molecule has 0 atom stereocenters. The van der Waals surface area contributed by atoms with Gasteiger partial charge in [-0.25, -0.2) is 4.52 Å². The van der Waals surface area contributed by atoms with Gasteiger partial charge in [0.05, 0.1) is 25.7 Å². The smallest absolute Gasteiger partial charge is 0.270 e. The molecule has 2 N–H and O–H groups in total. The Balaban J connectivity index is 2.13. The molecule has 0 spiro atoms. The van der Waals surface area contributed by atoms with Gasteiger partial charge in [0.15, 0.2) is 0 Å². The van der Waals surface area contributed by atoms with E-state index >= 15 is 0 Å². The quantitative estimate of drug-likeness (QED) is 0.763. The van der Waals surface area contributed by atoms with Crippen LogP contribution in [0.25, 0.3) is 5.52 Å². The van der Waals surface area contributed by atoms with Crippen molar-refractivity contribution in [2.75, 3.05) is 25.9 Å².